The van der Waals surface area contributed by atoms with E-state index in [4.69, 9.17) is 9.97 Å². The van der Waals surface area contributed by atoms with Crippen LogP contribution in [0.15, 0.2) is 72.1 Å². The molecule has 0 aromatic carbocycles. The van der Waals surface area contributed by atoms with E-state index in [0.717, 1.165) is 68.7 Å². The third-order valence-electron chi connectivity index (χ3n) is 5.77. The number of allylic oxidation sites excluding steroid dienone is 1. The molecule has 0 aliphatic rings. The first kappa shape index (κ1) is 21.2. The maximum absolute atomic E-state index is 4.92. The highest BCUT2D eigenvalue weighted by Gasteiger charge is 2.17. The maximum Gasteiger partial charge on any atom is 0.161 e. The quantitative estimate of drug-likeness (QED) is 0.245. The van der Waals surface area contributed by atoms with Gasteiger partial charge >= 0.3 is 0 Å². The Kier molecular flexibility index (Phi) is 5.31. The fourth-order valence-corrected chi connectivity index (χ4v) is 4.77. The number of nitrogens with zero attached hydrogens (tertiary/aromatic N) is 5. The van der Waals surface area contributed by atoms with Crippen LogP contribution in [0.25, 0.3) is 56.0 Å². The number of nitrogens with one attached hydrogen (secondary N) is 3. The van der Waals surface area contributed by atoms with Gasteiger partial charge in [-0.3, -0.25) is 15.1 Å². The Morgan fingerprint density at radius 1 is 1.00 bits per heavy atom. The number of aromatic amines is 2. The van der Waals surface area contributed by atoms with Gasteiger partial charge in [-0.2, -0.15) is 16.4 Å². The summed E-state index contributed by atoms with van der Waals surface area (Å²) in [4.78, 5) is 22.0. The first-order valence-electron chi connectivity index (χ1n) is 11.3. The van der Waals surface area contributed by atoms with Crippen molar-refractivity contribution in [2.45, 2.75) is 19.8 Å². The molecule has 0 aliphatic carbocycles. The molecule has 0 fully saturated rings. The van der Waals surface area contributed by atoms with Crippen LogP contribution in [0.2, 0.25) is 0 Å². The molecule has 0 amide bonds. The molecule has 3 N–H and O–H groups in total. The normalized spacial score (nSPS) is 11.3. The fourth-order valence-electron chi connectivity index (χ4n) is 4.12. The molecule has 6 aromatic rings. The summed E-state index contributed by atoms with van der Waals surface area (Å²) >= 11 is 1.65. The van der Waals surface area contributed by atoms with Crippen LogP contribution in [-0.4, -0.2) is 35.1 Å². The van der Waals surface area contributed by atoms with Crippen molar-refractivity contribution in [1.82, 2.24) is 35.1 Å². The molecule has 0 unspecified atom stereocenters. The zero-order valence-corrected chi connectivity index (χ0v) is 19.9. The summed E-state index contributed by atoms with van der Waals surface area (Å²) in [7, 11) is 0. The number of fused-ring (bicyclic) bond motifs is 2. The lowest BCUT2D eigenvalue weighted by molar-refractivity contribution is 0.913. The van der Waals surface area contributed by atoms with E-state index in [1.165, 1.54) is 0 Å². The number of H-pyrrole nitrogens is 2. The predicted molar refractivity (Wildman–Crippen MR) is 141 cm³/mol. The van der Waals surface area contributed by atoms with E-state index in [-0.39, 0.29) is 0 Å². The molecule has 0 spiro atoms. The maximum atomic E-state index is 4.92. The summed E-state index contributed by atoms with van der Waals surface area (Å²) in [5.41, 5.74) is 9.58. The van der Waals surface area contributed by atoms with Crippen molar-refractivity contribution in [3.63, 3.8) is 0 Å². The first-order chi connectivity index (χ1) is 17.2. The monoisotopic (exact) mass is 478 g/mol. The van der Waals surface area contributed by atoms with Crippen LogP contribution in [0.5, 0.6) is 0 Å². The molecule has 0 bridgehead atoms. The topological polar surface area (TPSA) is 108 Å². The lowest BCUT2D eigenvalue weighted by atomic mass is 10.1. The molecule has 0 aliphatic heterocycles. The van der Waals surface area contributed by atoms with Crippen LogP contribution < -0.4 is 5.32 Å². The Hall–Kier alpha value is -4.37. The summed E-state index contributed by atoms with van der Waals surface area (Å²) in [5.74, 6) is 0.643. The minimum Gasteiger partial charge on any atom is -0.358 e. The second kappa shape index (κ2) is 8.77. The first-order valence-corrected chi connectivity index (χ1v) is 12.3. The van der Waals surface area contributed by atoms with Crippen molar-refractivity contribution >= 4 is 39.1 Å². The molecule has 6 heterocycles. The molecule has 0 saturated carbocycles. The third-order valence-corrected chi connectivity index (χ3v) is 6.45. The average Bonchev–Trinajstić information content (AvgIpc) is 3.63. The molecule has 6 rings (SSSR count). The largest absolute Gasteiger partial charge is 0.358 e. The van der Waals surface area contributed by atoms with Crippen LogP contribution in [-0.2, 0) is 0 Å². The number of anilines is 1. The van der Waals surface area contributed by atoms with Gasteiger partial charge in [0.1, 0.15) is 11.0 Å². The second-order valence-corrected chi connectivity index (χ2v) is 9.07. The van der Waals surface area contributed by atoms with Gasteiger partial charge in [0.25, 0.3) is 0 Å². The number of imidazole rings is 1. The molecule has 172 valence electrons. The SMILES string of the molecule is C=C(CCC)Nc1cncc(-c2ccc3[nH]nc(-c4nc5c(-c6ccsc6)cncc5[nH]4)c3n2)c1. The van der Waals surface area contributed by atoms with Gasteiger partial charge in [0.15, 0.2) is 11.5 Å². The molecule has 35 heavy (non-hydrogen) atoms. The number of rotatable bonds is 7. The Morgan fingerprint density at radius 2 is 1.91 bits per heavy atom. The number of pyridine rings is 3. The highest BCUT2D eigenvalue weighted by molar-refractivity contribution is 7.08. The van der Waals surface area contributed by atoms with Gasteiger partial charge in [-0.1, -0.05) is 19.9 Å². The lowest BCUT2D eigenvalue weighted by Crippen LogP contribution is -1.98. The molecular formula is C26H22N8S. The number of hydrogen-bond donors (Lipinski definition) is 3. The number of thiophene rings is 1. The standard InChI is InChI=1S/C26H22N8S/c1-3-4-15(2)29-18-9-17(10-27-11-18)20-5-6-21-24(30-20)25(34-33-21)26-31-22-13-28-12-19(23(22)32-26)16-7-8-35-14-16/h5-14,29H,2-4H2,1H3,(H,31,32)(H,33,34). The van der Waals surface area contributed by atoms with E-state index >= 15 is 0 Å². The van der Waals surface area contributed by atoms with Crippen molar-refractivity contribution in [2.24, 2.45) is 0 Å². The molecule has 9 heteroatoms. The van der Waals surface area contributed by atoms with E-state index in [1.807, 2.05) is 36.0 Å². The fraction of sp³-hybridized carbons (Fsp3) is 0.115. The van der Waals surface area contributed by atoms with Gasteiger partial charge in [0.2, 0.25) is 0 Å². The van der Waals surface area contributed by atoms with E-state index in [1.54, 1.807) is 23.7 Å². The van der Waals surface area contributed by atoms with E-state index in [0.29, 0.717) is 11.5 Å². The van der Waals surface area contributed by atoms with Crippen LogP contribution in [0, 0.1) is 0 Å². The molecule has 0 radical (unpaired) electrons. The predicted octanol–water partition coefficient (Wildman–Crippen LogP) is 6.41. The van der Waals surface area contributed by atoms with E-state index in [2.05, 4.69) is 55.4 Å². The van der Waals surface area contributed by atoms with Crippen LogP contribution in [0.1, 0.15) is 19.8 Å². The molecule has 6 aromatic heterocycles. The van der Waals surface area contributed by atoms with Crippen molar-refractivity contribution in [2.75, 3.05) is 5.32 Å². The summed E-state index contributed by atoms with van der Waals surface area (Å²) in [5, 5.41) is 15.1. The van der Waals surface area contributed by atoms with Gasteiger partial charge in [-0.15, -0.1) is 0 Å². The van der Waals surface area contributed by atoms with E-state index in [9.17, 15) is 0 Å². The van der Waals surface area contributed by atoms with Crippen LogP contribution in [0.4, 0.5) is 5.69 Å². The average molecular weight is 479 g/mol. The smallest absolute Gasteiger partial charge is 0.161 e. The van der Waals surface area contributed by atoms with Crippen molar-refractivity contribution in [1.29, 1.82) is 0 Å². The lowest BCUT2D eigenvalue weighted by Gasteiger charge is -2.09. The summed E-state index contributed by atoms with van der Waals surface area (Å²) in [6.07, 6.45) is 9.17. The summed E-state index contributed by atoms with van der Waals surface area (Å²) < 4.78 is 0. The van der Waals surface area contributed by atoms with Crippen molar-refractivity contribution in [3.05, 3.63) is 72.1 Å². The third kappa shape index (κ3) is 3.95. The molecule has 0 saturated heterocycles. The highest BCUT2D eigenvalue weighted by Crippen LogP contribution is 2.32. The highest BCUT2D eigenvalue weighted by atomic mass is 32.1. The Balaban J connectivity index is 1.40. The summed E-state index contributed by atoms with van der Waals surface area (Å²) in [6, 6.07) is 8.04. The Labute approximate surface area is 205 Å². The zero-order chi connectivity index (χ0) is 23.8. The molecule has 8 nitrogen and oxygen atoms in total. The molecule has 0 atom stereocenters. The van der Waals surface area contributed by atoms with Crippen LogP contribution in [0.3, 0.4) is 0 Å². The van der Waals surface area contributed by atoms with Gasteiger partial charge in [0.05, 0.1) is 34.8 Å². The number of hydrogen-bond acceptors (Lipinski definition) is 7. The van der Waals surface area contributed by atoms with Gasteiger partial charge in [0, 0.05) is 29.2 Å². The Morgan fingerprint density at radius 3 is 2.77 bits per heavy atom. The van der Waals surface area contributed by atoms with Gasteiger partial charge in [-0.25, -0.2) is 9.97 Å². The number of aromatic nitrogens is 7. The van der Waals surface area contributed by atoms with Gasteiger partial charge < -0.3 is 10.3 Å². The summed E-state index contributed by atoms with van der Waals surface area (Å²) in [6.45, 7) is 6.21. The molecular weight excluding hydrogens is 456 g/mol. The van der Waals surface area contributed by atoms with Crippen molar-refractivity contribution < 1.29 is 0 Å². The van der Waals surface area contributed by atoms with Crippen LogP contribution >= 0.6 is 11.3 Å². The zero-order valence-electron chi connectivity index (χ0n) is 19.0. The minimum absolute atomic E-state index is 0.643. The van der Waals surface area contributed by atoms with E-state index < -0.39 is 0 Å². The van der Waals surface area contributed by atoms with Gasteiger partial charge in [-0.05, 0) is 47.0 Å². The Bertz CT molecular complexity index is 1660. The van der Waals surface area contributed by atoms with Crippen molar-refractivity contribution in [3.8, 4) is 33.9 Å². The second-order valence-electron chi connectivity index (χ2n) is 8.29. The minimum atomic E-state index is 0.643.